The van der Waals surface area contributed by atoms with Crippen LogP contribution in [0.2, 0.25) is 0 Å². The van der Waals surface area contributed by atoms with E-state index in [9.17, 15) is 9.59 Å². The molecule has 1 N–H and O–H groups in total. The molecule has 0 aliphatic carbocycles. The predicted molar refractivity (Wildman–Crippen MR) is 110 cm³/mol. The van der Waals surface area contributed by atoms with E-state index in [2.05, 4.69) is 31.4 Å². The number of ether oxygens (including phenoxy) is 1. The van der Waals surface area contributed by atoms with Gasteiger partial charge in [-0.2, -0.15) is 5.10 Å². The van der Waals surface area contributed by atoms with Gasteiger partial charge in [0.1, 0.15) is 5.75 Å². The third-order valence-corrected chi connectivity index (χ3v) is 4.16. The van der Waals surface area contributed by atoms with E-state index in [1.807, 2.05) is 19.1 Å². The first-order valence-electron chi connectivity index (χ1n) is 8.34. The van der Waals surface area contributed by atoms with Crippen molar-refractivity contribution in [2.24, 2.45) is 5.10 Å². The molecular weight excluding hydrogens is 422 g/mol. The van der Waals surface area contributed by atoms with Crippen LogP contribution in [0.1, 0.15) is 31.8 Å². The SMILES string of the molecule is Cc1ccc(C(=O)Oc2ccc(/C=N\NC(=O)c3cncc(Br)c3)cc2)cc1. The molecule has 140 valence electrons. The minimum Gasteiger partial charge on any atom is -0.423 e. The summed E-state index contributed by atoms with van der Waals surface area (Å²) < 4.78 is 6.05. The Balaban J connectivity index is 1.56. The standard InChI is InChI=1S/C21H16BrN3O3/c1-14-2-6-16(7-3-14)21(27)28-19-8-4-15(5-9-19)11-24-25-20(26)17-10-18(22)13-23-12-17/h2-13H,1H3,(H,25,26)/b24-11-. The van der Waals surface area contributed by atoms with Crippen LogP contribution in [0, 0.1) is 6.92 Å². The molecule has 1 aromatic heterocycles. The van der Waals surface area contributed by atoms with E-state index in [1.54, 1.807) is 48.7 Å². The van der Waals surface area contributed by atoms with Crippen LogP contribution in [0.15, 0.2) is 76.6 Å². The molecule has 0 saturated heterocycles. The molecule has 3 aromatic rings. The fraction of sp³-hybridized carbons (Fsp3) is 0.0476. The van der Waals surface area contributed by atoms with Crippen LogP contribution in [0.3, 0.4) is 0 Å². The van der Waals surface area contributed by atoms with E-state index in [-0.39, 0.29) is 5.91 Å². The number of aryl methyl sites for hydroxylation is 1. The van der Waals surface area contributed by atoms with E-state index >= 15 is 0 Å². The first kappa shape index (κ1) is 19.4. The van der Waals surface area contributed by atoms with Crippen molar-refractivity contribution in [3.8, 4) is 5.75 Å². The van der Waals surface area contributed by atoms with Gasteiger partial charge in [0.05, 0.1) is 17.3 Å². The number of halogens is 1. The average Bonchev–Trinajstić information content (AvgIpc) is 2.69. The molecule has 3 rings (SSSR count). The normalized spacial score (nSPS) is 10.6. The van der Waals surface area contributed by atoms with Crippen LogP contribution in [-0.2, 0) is 0 Å². The number of esters is 1. The van der Waals surface area contributed by atoms with Gasteiger partial charge >= 0.3 is 5.97 Å². The lowest BCUT2D eigenvalue weighted by molar-refractivity contribution is 0.0734. The molecule has 0 aliphatic rings. The first-order valence-corrected chi connectivity index (χ1v) is 9.13. The highest BCUT2D eigenvalue weighted by Gasteiger charge is 2.08. The molecule has 0 unspecified atom stereocenters. The fourth-order valence-electron chi connectivity index (χ4n) is 2.24. The summed E-state index contributed by atoms with van der Waals surface area (Å²) >= 11 is 3.26. The Morgan fingerprint density at radius 2 is 1.75 bits per heavy atom. The number of benzene rings is 2. The summed E-state index contributed by atoms with van der Waals surface area (Å²) in [5.74, 6) is -0.364. The molecule has 0 radical (unpaired) electrons. The van der Waals surface area contributed by atoms with Crippen LogP contribution in [0.4, 0.5) is 0 Å². The highest BCUT2D eigenvalue weighted by atomic mass is 79.9. The summed E-state index contributed by atoms with van der Waals surface area (Å²) in [4.78, 5) is 28.0. The number of nitrogens with one attached hydrogen (secondary N) is 1. The van der Waals surface area contributed by atoms with E-state index in [1.165, 1.54) is 12.4 Å². The quantitative estimate of drug-likeness (QED) is 0.281. The van der Waals surface area contributed by atoms with Crippen molar-refractivity contribution in [3.05, 3.63) is 93.7 Å². The minimum atomic E-state index is -0.420. The molecule has 6 nitrogen and oxygen atoms in total. The molecule has 2 aromatic carbocycles. The number of carbonyl (C=O) groups excluding carboxylic acids is 2. The highest BCUT2D eigenvalue weighted by molar-refractivity contribution is 9.10. The number of pyridine rings is 1. The van der Waals surface area contributed by atoms with Gasteiger partial charge in [0, 0.05) is 16.9 Å². The van der Waals surface area contributed by atoms with Gasteiger partial charge in [-0.1, -0.05) is 17.7 Å². The number of hydrazone groups is 1. The second-order valence-corrected chi connectivity index (χ2v) is 6.83. The Hall–Kier alpha value is -3.32. The number of carbonyl (C=O) groups is 2. The topological polar surface area (TPSA) is 80.6 Å². The number of amides is 1. The van der Waals surface area contributed by atoms with Gasteiger partial charge in [0.2, 0.25) is 0 Å². The molecule has 0 fully saturated rings. The zero-order valence-electron chi connectivity index (χ0n) is 14.9. The fourth-order valence-corrected chi connectivity index (χ4v) is 2.61. The summed E-state index contributed by atoms with van der Waals surface area (Å²) in [6.45, 7) is 1.95. The molecular formula is C21H16BrN3O3. The van der Waals surface area contributed by atoms with E-state index in [0.29, 0.717) is 21.3 Å². The summed E-state index contributed by atoms with van der Waals surface area (Å²) in [6, 6.07) is 15.6. The Kier molecular flexibility index (Phi) is 6.29. The largest absolute Gasteiger partial charge is 0.423 e. The van der Waals surface area contributed by atoms with Gasteiger partial charge < -0.3 is 4.74 Å². The zero-order valence-corrected chi connectivity index (χ0v) is 16.5. The number of rotatable bonds is 5. The van der Waals surface area contributed by atoms with Crippen molar-refractivity contribution >= 4 is 34.0 Å². The Morgan fingerprint density at radius 3 is 2.43 bits per heavy atom. The van der Waals surface area contributed by atoms with Crippen molar-refractivity contribution in [1.29, 1.82) is 0 Å². The van der Waals surface area contributed by atoms with Crippen molar-refractivity contribution in [2.45, 2.75) is 6.92 Å². The summed E-state index contributed by atoms with van der Waals surface area (Å²) in [7, 11) is 0. The molecule has 0 saturated carbocycles. The van der Waals surface area contributed by atoms with Gasteiger partial charge in [-0.05, 0) is 70.9 Å². The molecule has 0 atom stereocenters. The second-order valence-electron chi connectivity index (χ2n) is 5.92. The summed E-state index contributed by atoms with van der Waals surface area (Å²) in [5.41, 5.74) is 5.12. The van der Waals surface area contributed by atoms with Crippen LogP contribution in [-0.4, -0.2) is 23.1 Å². The summed E-state index contributed by atoms with van der Waals surface area (Å²) in [6.07, 6.45) is 4.54. The first-order chi connectivity index (χ1) is 13.5. The van der Waals surface area contributed by atoms with Crippen LogP contribution >= 0.6 is 15.9 Å². The number of aromatic nitrogens is 1. The molecule has 0 aliphatic heterocycles. The Bertz CT molecular complexity index is 1020. The van der Waals surface area contributed by atoms with Crippen LogP contribution in [0.5, 0.6) is 5.75 Å². The van der Waals surface area contributed by atoms with Crippen molar-refractivity contribution in [2.75, 3.05) is 0 Å². The lowest BCUT2D eigenvalue weighted by Gasteiger charge is -2.05. The predicted octanol–water partition coefficient (Wildman–Crippen LogP) is 4.14. The van der Waals surface area contributed by atoms with Crippen molar-refractivity contribution in [3.63, 3.8) is 0 Å². The molecule has 28 heavy (non-hydrogen) atoms. The van der Waals surface area contributed by atoms with Gasteiger partial charge in [-0.3, -0.25) is 9.78 Å². The smallest absolute Gasteiger partial charge is 0.343 e. The third-order valence-electron chi connectivity index (χ3n) is 3.72. The Morgan fingerprint density at radius 1 is 1.04 bits per heavy atom. The third kappa shape index (κ3) is 5.34. The minimum absolute atomic E-state index is 0.367. The van der Waals surface area contributed by atoms with E-state index in [0.717, 1.165) is 11.1 Å². The maximum Gasteiger partial charge on any atom is 0.343 e. The summed E-state index contributed by atoms with van der Waals surface area (Å²) in [5, 5.41) is 3.92. The van der Waals surface area contributed by atoms with Crippen LogP contribution < -0.4 is 10.2 Å². The van der Waals surface area contributed by atoms with Gasteiger partial charge in [0.25, 0.3) is 5.91 Å². The van der Waals surface area contributed by atoms with E-state index in [4.69, 9.17) is 4.74 Å². The number of nitrogens with zero attached hydrogens (tertiary/aromatic N) is 2. The molecule has 1 heterocycles. The maximum atomic E-state index is 12.1. The van der Waals surface area contributed by atoms with Crippen molar-refractivity contribution < 1.29 is 14.3 Å². The lowest BCUT2D eigenvalue weighted by Crippen LogP contribution is -2.17. The average molecular weight is 438 g/mol. The Labute approximate surface area is 170 Å². The highest BCUT2D eigenvalue weighted by Crippen LogP contribution is 2.14. The molecule has 1 amide bonds. The van der Waals surface area contributed by atoms with Crippen LogP contribution in [0.25, 0.3) is 0 Å². The zero-order chi connectivity index (χ0) is 19.9. The van der Waals surface area contributed by atoms with Gasteiger partial charge in [-0.15, -0.1) is 0 Å². The maximum absolute atomic E-state index is 12.1. The molecule has 7 heteroatoms. The van der Waals surface area contributed by atoms with Gasteiger partial charge in [0.15, 0.2) is 0 Å². The van der Waals surface area contributed by atoms with E-state index < -0.39 is 5.97 Å². The molecule has 0 spiro atoms. The van der Waals surface area contributed by atoms with Gasteiger partial charge in [-0.25, -0.2) is 10.2 Å². The molecule has 0 bridgehead atoms. The monoisotopic (exact) mass is 437 g/mol. The van der Waals surface area contributed by atoms with Crippen molar-refractivity contribution in [1.82, 2.24) is 10.4 Å². The number of hydrogen-bond acceptors (Lipinski definition) is 5. The lowest BCUT2D eigenvalue weighted by atomic mass is 10.1. The number of hydrogen-bond donors (Lipinski definition) is 1. The second kappa shape index (κ2) is 9.05.